The number of fused-ring (bicyclic) bond motifs is 2. The molecule has 152 valence electrons. The number of para-hydroxylation sites is 1. The Bertz CT molecular complexity index is 1090. The molecule has 3 aromatic rings. The Morgan fingerprint density at radius 3 is 2.93 bits per heavy atom. The van der Waals surface area contributed by atoms with E-state index in [-0.39, 0.29) is 24.8 Å². The highest BCUT2D eigenvalue weighted by molar-refractivity contribution is 5.77. The topological polar surface area (TPSA) is 84.4 Å². The molecule has 1 aliphatic carbocycles. The number of nitrogens with zero attached hydrogens (tertiary/aromatic N) is 4. The molecular weight excluding hydrogens is 368 g/mol. The Morgan fingerprint density at radius 2 is 2.03 bits per heavy atom. The quantitative estimate of drug-likeness (QED) is 0.716. The summed E-state index contributed by atoms with van der Waals surface area (Å²) in [6, 6.07) is 7.48. The summed E-state index contributed by atoms with van der Waals surface area (Å²) in [6.45, 7) is 1.82. The van der Waals surface area contributed by atoms with Crippen molar-refractivity contribution in [2.24, 2.45) is 0 Å². The molecule has 1 saturated heterocycles. The molecule has 2 aromatic heterocycles. The fraction of sp³-hybridized carbons (Fsp3) is 0.500. The molecule has 0 spiro atoms. The van der Waals surface area contributed by atoms with Crippen LogP contribution in [0.1, 0.15) is 54.6 Å². The maximum atomic E-state index is 13.1. The van der Waals surface area contributed by atoms with Crippen LogP contribution < -0.4 is 5.56 Å². The lowest BCUT2D eigenvalue weighted by Crippen LogP contribution is -2.33. The van der Waals surface area contributed by atoms with Gasteiger partial charge in [-0.15, -0.1) is 0 Å². The summed E-state index contributed by atoms with van der Waals surface area (Å²) < 4.78 is 7.25. The van der Waals surface area contributed by atoms with Crippen LogP contribution in [0, 0.1) is 0 Å². The Balaban J connectivity index is 1.52. The third-order valence-electron chi connectivity index (χ3n) is 6.26. The van der Waals surface area contributed by atoms with Crippen molar-refractivity contribution in [2.45, 2.75) is 57.7 Å². The third-order valence-corrected chi connectivity index (χ3v) is 6.26. The van der Waals surface area contributed by atoms with Gasteiger partial charge in [0.2, 0.25) is 0 Å². The van der Waals surface area contributed by atoms with Gasteiger partial charge < -0.3 is 9.63 Å². The molecule has 2 aliphatic rings. The molecule has 3 heterocycles. The summed E-state index contributed by atoms with van der Waals surface area (Å²) in [5.41, 5.74) is 2.95. The largest absolute Gasteiger partial charge is 0.395 e. The smallest absolute Gasteiger partial charge is 0.261 e. The highest BCUT2D eigenvalue weighted by Gasteiger charge is 2.32. The summed E-state index contributed by atoms with van der Waals surface area (Å²) in [7, 11) is 0. The van der Waals surface area contributed by atoms with Gasteiger partial charge in [0.25, 0.3) is 5.56 Å². The summed E-state index contributed by atoms with van der Waals surface area (Å²) >= 11 is 0. The highest BCUT2D eigenvalue weighted by atomic mass is 16.5. The van der Waals surface area contributed by atoms with Crippen molar-refractivity contribution in [1.82, 2.24) is 19.6 Å². The number of aromatic nitrogens is 3. The van der Waals surface area contributed by atoms with E-state index < -0.39 is 0 Å². The highest BCUT2D eigenvalue weighted by Crippen LogP contribution is 2.34. The van der Waals surface area contributed by atoms with Crippen molar-refractivity contribution in [3.05, 3.63) is 57.5 Å². The molecule has 1 fully saturated rings. The third kappa shape index (κ3) is 3.28. The molecule has 0 bridgehead atoms. The monoisotopic (exact) mass is 394 g/mol. The van der Waals surface area contributed by atoms with Crippen molar-refractivity contribution in [3.63, 3.8) is 0 Å². The average Bonchev–Trinajstić information content (AvgIpc) is 3.38. The van der Waals surface area contributed by atoms with E-state index in [1.807, 2.05) is 18.2 Å². The molecule has 0 amide bonds. The summed E-state index contributed by atoms with van der Waals surface area (Å²) in [5, 5.41) is 14.5. The molecule has 1 aromatic carbocycles. The number of aliphatic hydroxyl groups excluding tert-OH is 1. The number of likely N-dealkylation sites (tertiary alicyclic amines) is 1. The fourth-order valence-corrected chi connectivity index (χ4v) is 4.83. The summed E-state index contributed by atoms with van der Waals surface area (Å²) in [6.07, 6.45) is 6.36. The Morgan fingerprint density at radius 1 is 1.17 bits per heavy atom. The first-order valence-electron chi connectivity index (χ1n) is 10.6. The molecular formula is C22H26N4O3. The normalized spacial score (nSPS) is 19.7. The number of hydrogen-bond acceptors (Lipinski definition) is 6. The summed E-state index contributed by atoms with van der Waals surface area (Å²) in [5.74, 6) is 1.79. The van der Waals surface area contributed by atoms with Crippen molar-refractivity contribution in [2.75, 3.05) is 13.2 Å². The second kappa shape index (κ2) is 7.72. The first-order chi connectivity index (χ1) is 14.3. The number of hydrogen-bond donors (Lipinski definition) is 1. The molecule has 7 heteroatoms. The lowest BCUT2D eigenvalue weighted by atomic mass is 9.96. The minimum absolute atomic E-state index is 0.0368. The molecule has 1 aliphatic heterocycles. The molecule has 7 nitrogen and oxygen atoms in total. The van der Waals surface area contributed by atoms with Gasteiger partial charge in [0.15, 0.2) is 0 Å². The van der Waals surface area contributed by atoms with Crippen LogP contribution in [-0.2, 0) is 25.9 Å². The molecule has 29 heavy (non-hydrogen) atoms. The van der Waals surface area contributed by atoms with Crippen LogP contribution in [0.15, 0.2) is 33.6 Å². The van der Waals surface area contributed by atoms with Crippen molar-refractivity contribution in [3.8, 4) is 0 Å². The molecule has 0 saturated carbocycles. The maximum Gasteiger partial charge on any atom is 0.261 e. The maximum absolute atomic E-state index is 13.1. The lowest BCUT2D eigenvalue weighted by Gasteiger charge is -2.26. The van der Waals surface area contributed by atoms with Crippen molar-refractivity contribution in [1.29, 1.82) is 0 Å². The van der Waals surface area contributed by atoms with E-state index in [0.29, 0.717) is 17.4 Å². The van der Waals surface area contributed by atoms with Gasteiger partial charge in [0.1, 0.15) is 17.3 Å². The van der Waals surface area contributed by atoms with E-state index in [2.05, 4.69) is 10.1 Å². The molecule has 5 rings (SSSR count). The van der Waals surface area contributed by atoms with Crippen LogP contribution in [0.3, 0.4) is 0 Å². The molecule has 1 unspecified atom stereocenters. The van der Waals surface area contributed by atoms with E-state index in [1.165, 1.54) is 18.4 Å². The van der Waals surface area contributed by atoms with Gasteiger partial charge in [-0.1, -0.05) is 17.3 Å². The number of benzene rings is 1. The van der Waals surface area contributed by atoms with E-state index in [0.717, 1.165) is 49.5 Å². The van der Waals surface area contributed by atoms with Gasteiger partial charge in [-0.05, 0) is 50.8 Å². The van der Waals surface area contributed by atoms with E-state index in [4.69, 9.17) is 9.51 Å². The second-order valence-electron chi connectivity index (χ2n) is 8.03. The minimum atomic E-state index is -0.0869. The first-order valence-corrected chi connectivity index (χ1v) is 10.6. The van der Waals surface area contributed by atoms with Crippen LogP contribution >= 0.6 is 0 Å². The van der Waals surface area contributed by atoms with E-state index >= 15 is 0 Å². The molecule has 1 atom stereocenters. The van der Waals surface area contributed by atoms with Crippen LogP contribution in [0.5, 0.6) is 0 Å². The molecule has 0 radical (unpaired) electrons. The first kappa shape index (κ1) is 18.5. The van der Waals surface area contributed by atoms with Gasteiger partial charge in [-0.3, -0.25) is 14.3 Å². The number of aryl methyl sites for hydroxylation is 1. The predicted octanol–water partition coefficient (Wildman–Crippen LogP) is 2.59. The Labute approximate surface area is 169 Å². The van der Waals surface area contributed by atoms with Crippen LogP contribution in [0.4, 0.5) is 0 Å². The van der Waals surface area contributed by atoms with Gasteiger partial charge in [-0.2, -0.15) is 0 Å². The summed E-state index contributed by atoms with van der Waals surface area (Å²) in [4.78, 5) is 20.3. The van der Waals surface area contributed by atoms with Gasteiger partial charge in [0.05, 0.1) is 30.1 Å². The zero-order chi connectivity index (χ0) is 19.8. The van der Waals surface area contributed by atoms with Gasteiger partial charge in [-0.25, -0.2) is 4.98 Å². The van der Waals surface area contributed by atoms with Crippen LogP contribution in [0.25, 0.3) is 10.9 Å². The Hall–Kier alpha value is -2.51. The standard InChI is InChI=1S/C22H26N4O3/c27-13-12-26-21(23-17-8-3-1-7-16(17)22(26)28)19-9-5-11-25(19)14-18-15-6-2-4-10-20(15)29-24-18/h1,3,7-8,19,27H,2,4-6,9-14H2. The molecule has 1 N–H and O–H groups in total. The average molecular weight is 394 g/mol. The van der Waals surface area contributed by atoms with Crippen LogP contribution in [0.2, 0.25) is 0 Å². The van der Waals surface area contributed by atoms with Gasteiger partial charge >= 0.3 is 0 Å². The van der Waals surface area contributed by atoms with Gasteiger partial charge in [0, 0.05) is 18.5 Å². The number of aliphatic hydroxyl groups is 1. The lowest BCUT2D eigenvalue weighted by molar-refractivity contribution is 0.217. The zero-order valence-electron chi connectivity index (χ0n) is 16.5. The zero-order valence-corrected chi connectivity index (χ0v) is 16.5. The van der Waals surface area contributed by atoms with Crippen molar-refractivity contribution < 1.29 is 9.63 Å². The van der Waals surface area contributed by atoms with E-state index in [9.17, 15) is 9.90 Å². The second-order valence-corrected chi connectivity index (χ2v) is 8.03. The SMILES string of the molecule is O=c1c2ccccc2nc(C2CCCN2Cc2noc3c2CCCC3)n1CCO. The van der Waals surface area contributed by atoms with Crippen molar-refractivity contribution >= 4 is 10.9 Å². The number of rotatable bonds is 5. The van der Waals surface area contributed by atoms with E-state index in [1.54, 1.807) is 10.6 Å². The minimum Gasteiger partial charge on any atom is -0.395 e. The fourth-order valence-electron chi connectivity index (χ4n) is 4.83. The Kier molecular flexibility index (Phi) is 4.93. The van der Waals surface area contributed by atoms with Crippen LogP contribution in [-0.4, -0.2) is 37.9 Å². The predicted molar refractivity (Wildman–Crippen MR) is 109 cm³/mol.